The molecule has 1 fully saturated rings. The van der Waals surface area contributed by atoms with Crippen LogP contribution in [0.5, 0.6) is 0 Å². The third-order valence-corrected chi connectivity index (χ3v) is 4.43. The van der Waals surface area contributed by atoms with Crippen molar-refractivity contribution < 1.29 is 0 Å². The van der Waals surface area contributed by atoms with Crippen molar-refractivity contribution in [1.29, 1.82) is 0 Å². The molecule has 3 aliphatic rings. The van der Waals surface area contributed by atoms with Crippen LogP contribution in [0.2, 0.25) is 0 Å². The van der Waals surface area contributed by atoms with Crippen LogP contribution in [0.25, 0.3) is 10.9 Å². The second-order valence-corrected chi connectivity index (χ2v) is 5.70. The van der Waals surface area contributed by atoms with Crippen LogP contribution in [-0.2, 0) is 0 Å². The number of nitrogens with zero attached hydrogens (tertiary/aromatic N) is 2. The molecule has 0 amide bonds. The van der Waals surface area contributed by atoms with E-state index >= 15 is 0 Å². The molecule has 3 heteroatoms. The molecule has 0 aliphatic carbocycles. The molecule has 3 aliphatic heterocycles. The Hall–Kier alpha value is -1.87. The number of benzene rings is 1. The third kappa shape index (κ3) is 1.98. The van der Waals surface area contributed by atoms with E-state index < -0.39 is 0 Å². The molecule has 1 aromatic carbocycles. The summed E-state index contributed by atoms with van der Waals surface area (Å²) >= 11 is 0. The third-order valence-electron chi connectivity index (χ3n) is 4.43. The van der Waals surface area contributed by atoms with Crippen molar-refractivity contribution >= 4 is 16.6 Å². The number of fused-ring (bicyclic) bond motifs is 5. The Kier molecular flexibility index (Phi) is 2.92. The smallest absolute Gasteiger partial charge is 0.0722 e. The minimum Gasteiger partial charge on any atom is -0.365 e. The summed E-state index contributed by atoms with van der Waals surface area (Å²) in [6, 6.07) is 11.8. The second-order valence-electron chi connectivity index (χ2n) is 5.70. The number of rotatable bonds is 1. The molecule has 0 saturated carbocycles. The molecule has 1 aromatic heterocycles. The number of hydrogen-bond donors (Lipinski definition) is 1. The van der Waals surface area contributed by atoms with Gasteiger partial charge in [-0.3, -0.25) is 4.98 Å². The zero-order chi connectivity index (χ0) is 13.4. The van der Waals surface area contributed by atoms with Gasteiger partial charge < -0.3 is 10.2 Å². The summed E-state index contributed by atoms with van der Waals surface area (Å²) in [5, 5.41) is 4.93. The van der Waals surface area contributed by atoms with Crippen molar-refractivity contribution in [3.63, 3.8) is 0 Å². The first-order valence-corrected chi connectivity index (χ1v) is 7.40. The maximum atomic E-state index is 4.48. The lowest BCUT2D eigenvalue weighted by Crippen LogP contribution is -2.57. The minimum absolute atomic E-state index is 0.550. The van der Waals surface area contributed by atoms with E-state index in [1.54, 1.807) is 0 Å². The topological polar surface area (TPSA) is 28.2 Å². The van der Waals surface area contributed by atoms with Gasteiger partial charge in [-0.25, -0.2) is 0 Å². The largest absolute Gasteiger partial charge is 0.365 e. The lowest BCUT2D eigenvalue weighted by atomic mass is 9.98. The molecular formula is C17H19N3. The molecule has 2 aromatic rings. The Morgan fingerprint density at radius 2 is 2.05 bits per heavy atom. The van der Waals surface area contributed by atoms with Gasteiger partial charge in [-0.15, -0.1) is 0 Å². The van der Waals surface area contributed by atoms with Gasteiger partial charge in [0.15, 0.2) is 0 Å². The molecule has 2 bridgehead atoms. The lowest BCUT2D eigenvalue weighted by Gasteiger charge is -2.43. The van der Waals surface area contributed by atoms with Crippen LogP contribution in [-0.4, -0.2) is 30.2 Å². The highest BCUT2D eigenvalue weighted by molar-refractivity contribution is 5.91. The average molecular weight is 265 g/mol. The van der Waals surface area contributed by atoms with E-state index in [0.29, 0.717) is 12.1 Å². The van der Waals surface area contributed by atoms with Crippen LogP contribution in [0, 0.1) is 0 Å². The molecule has 1 N–H and O–H groups in total. The normalized spacial score (nSPS) is 27.3. The summed E-state index contributed by atoms with van der Waals surface area (Å²) in [4.78, 5) is 7.06. The van der Waals surface area contributed by atoms with Crippen LogP contribution >= 0.6 is 0 Å². The van der Waals surface area contributed by atoms with Crippen LogP contribution in [0.4, 0.5) is 5.69 Å². The van der Waals surface area contributed by atoms with Crippen molar-refractivity contribution in [2.45, 2.75) is 24.9 Å². The Balaban J connectivity index is 1.80. The second kappa shape index (κ2) is 4.91. The predicted octanol–water partition coefficient (Wildman–Crippen LogP) is 2.73. The quantitative estimate of drug-likeness (QED) is 0.804. The van der Waals surface area contributed by atoms with Crippen molar-refractivity contribution in [3.8, 4) is 0 Å². The molecule has 2 unspecified atom stereocenters. The van der Waals surface area contributed by atoms with Gasteiger partial charge in [0.1, 0.15) is 0 Å². The van der Waals surface area contributed by atoms with Gasteiger partial charge in [-0.05, 0) is 37.1 Å². The number of pyridine rings is 1. The molecule has 5 rings (SSSR count). The molecule has 4 heterocycles. The molecule has 3 nitrogen and oxygen atoms in total. The average Bonchev–Trinajstić information content (AvgIpc) is 2.47. The number of anilines is 1. The summed E-state index contributed by atoms with van der Waals surface area (Å²) in [5.74, 6) is 0. The van der Waals surface area contributed by atoms with Crippen LogP contribution in [0.15, 0.2) is 48.7 Å². The van der Waals surface area contributed by atoms with Gasteiger partial charge in [-0.1, -0.05) is 18.2 Å². The van der Waals surface area contributed by atoms with Gasteiger partial charge in [-0.2, -0.15) is 0 Å². The Morgan fingerprint density at radius 1 is 1.10 bits per heavy atom. The molecule has 2 atom stereocenters. The summed E-state index contributed by atoms with van der Waals surface area (Å²) in [6.07, 6.45) is 8.79. The van der Waals surface area contributed by atoms with E-state index in [9.17, 15) is 0 Å². The predicted molar refractivity (Wildman–Crippen MR) is 83.0 cm³/mol. The van der Waals surface area contributed by atoms with E-state index in [1.165, 1.54) is 11.1 Å². The molecule has 20 heavy (non-hydrogen) atoms. The fourth-order valence-corrected chi connectivity index (χ4v) is 3.38. The molecule has 102 valence electrons. The van der Waals surface area contributed by atoms with Crippen LogP contribution in [0.1, 0.15) is 12.8 Å². The summed E-state index contributed by atoms with van der Waals surface area (Å²) in [5.41, 5.74) is 2.42. The number of hydrogen-bond acceptors (Lipinski definition) is 3. The monoisotopic (exact) mass is 265 g/mol. The van der Waals surface area contributed by atoms with Crippen molar-refractivity contribution in [2.75, 3.05) is 18.0 Å². The first kappa shape index (κ1) is 11.9. The number of nitrogens with one attached hydrogen (secondary N) is 1. The van der Waals surface area contributed by atoms with Crippen molar-refractivity contribution in [1.82, 2.24) is 10.3 Å². The summed E-state index contributed by atoms with van der Waals surface area (Å²) in [7, 11) is 0. The van der Waals surface area contributed by atoms with Gasteiger partial charge in [0.25, 0.3) is 0 Å². The van der Waals surface area contributed by atoms with E-state index in [-0.39, 0.29) is 0 Å². The number of piperazine rings is 1. The van der Waals surface area contributed by atoms with Crippen LogP contribution < -0.4 is 10.2 Å². The highest BCUT2D eigenvalue weighted by atomic mass is 15.2. The maximum absolute atomic E-state index is 4.48. The highest BCUT2D eigenvalue weighted by Gasteiger charge is 2.28. The van der Waals surface area contributed by atoms with Crippen molar-refractivity contribution in [2.24, 2.45) is 0 Å². The standard InChI is InChI=1S/C17H19N3/c1-2-6-14-11-19-13(5-1)12-20(14)17-9-3-8-16-15(17)7-4-10-18-16/h1-4,7-10,13-14,19H,5-6,11-12H2/b2-1-. The minimum atomic E-state index is 0.550. The van der Waals surface area contributed by atoms with E-state index in [1.807, 2.05) is 12.3 Å². The SMILES string of the molecule is C1=C\CC2CNC(C/1)CN2c1cccc2ncccc12. The van der Waals surface area contributed by atoms with E-state index in [2.05, 4.69) is 51.6 Å². The lowest BCUT2D eigenvalue weighted by molar-refractivity contribution is 0.386. The van der Waals surface area contributed by atoms with Gasteiger partial charge in [0.05, 0.1) is 5.52 Å². The molecular weight excluding hydrogens is 246 g/mol. The van der Waals surface area contributed by atoms with E-state index in [0.717, 1.165) is 31.4 Å². The number of aromatic nitrogens is 1. The fraction of sp³-hybridized carbons (Fsp3) is 0.353. The Morgan fingerprint density at radius 3 is 3.05 bits per heavy atom. The zero-order valence-electron chi connectivity index (χ0n) is 11.5. The van der Waals surface area contributed by atoms with Crippen molar-refractivity contribution in [3.05, 3.63) is 48.7 Å². The highest BCUT2D eigenvalue weighted by Crippen LogP contribution is 2.30. The summed E-state index contributed by atoms with van der Waals surface area (Å²) in [6.45, 7) is 2.16. The molecule has 0 radical (unpaired) electrons. The zero-order valence-corrected chi connectivity index (χ0v) is 11.5. The van der Waals surface area contributed by atoms with Gasteiger partial charge in [0, 0.05) is 42.4 Å². The summed E-state index contributed by atoms with van der Waals surface area (Å²) < 4.78 is 0. The van der Waals surface area contributed by atoms with Gasteiger partial charge in [0.2, 0.25) is 0 Å². The molecule has 0 spiro atoms. The Labute approximate surface area is 119 Å². The first-order chi connectivity index (χ1) is 9.92. The van der Waals surface area contributed by atoms with Crippen LogP contribution in [0.3, 0.4) is 0 Å². The molecule has 1 saturated heterocycles. The fourth-order valence-electron chi connectivity index (χ4n) is 3.38. The maximum Gasteiger partial charge on any atom is 0.0722 e. The Bertz CT molecular complexity index is 644. The van der Waals surface area contributed by atoms with E-state index in [4.69, 9.17) is 0 Å². The first-order valence-electron chi connectivity index (χ1n) is 7.40. The van der Waals surface area contributed by atoms with Gasteiger partial charge >= 0.3 is 0 Å².